The Kier molecular flexibility index (Phi) is 6.53. The van der Waals surface area contributed by atoms with Gasteiger partial charge in [-0.25, -0.2) is 8.42 Å². The molecule has 8 heteroatoms. The predicted molar refractivity (Wildman–Crippen MR) is 114 cm³/mol. The van der Waals surface area contributed by atoms with E-state index in [0.717, 1.165) is 44.2 Å². The number of amides is 1. The van der Waals surface area contributed by atoms with Gasteiger partial charge in [0.1, 0.15) is 0 Å². The van der Waals surface area contributed by atoms with Gasteiger partial charge in [-0.3, -0.25) is 9.10 Å². The third-order valence-electron chi connectivity index (χ3n) is 4.77. The molecule has 150 valence electrons. The molecule has 0 radical (unpaired) electrons. The quantitative estimate of drug-likeness (QED) is 0.682. The molecule has 0 aromatic heterocycles. The number of hydrogen-bond donors (Lipinski definition) is 0. The summed E-state index contributed by atoms with van der Waals surface area (Å²) in [6, 6.07) is 11.9. The van der Waals surface area contributed by atoms with Crippen molar-refractivity contribution in [2.24, 2.45) is 0 Å². The highest BCUT2D eigenvalue weighted by atomic mass is 35.5. The highest BCUT2D eigenvalue weighted by Crippen LogP contribution is 2.34. The van der Waals surface area contributed by atoms with Gasteiger partial charge in [-0.2, -0.15) is 0 Å². The number of halogens is 2. The Morgan fingerprint density at radius 2 is 1.68 bits per heavy atom. The molecule has 1 amide bonds. The molecule has 1 fully saturated rings. The first-order chi connectivity index (χ1) is 13.3. The lowest BCUT2D eigenvalue weighted by Crippen LogP contribution is -2.35. The Balaban J connectivity index is 1.82. The molecular formula is C20H22Cl2N2O3S. The van der Waals surface area contributed by atoms with Crippen LogP contribution in [0.15, 0.2) is 42.5 Å². The molecule has 0 saturated carbocycles. The zero-order valence-electron chi connectivity index (χ0n) is 15.6. The van der Waals surface area contributed by atoms with Crippen LogP contribution in [0.5, 0.6) is 0 Å². The van der Waals surface area contributed by atoms with Crippen LogP contribution in [-0.2, 0) is 16.6 Å². The van der Waals surface area contributed by atoms with Crippen LogP contribution in [0.4, 0.5) is 5.69 Å². The fourth-order valence-electron chi connectivity index (χ4n) is 3.26. The van der Waals surface area contributed by atoms with Crippen LogP contribution in [0.2, 0.25) is 10.0 Å². The second kappa shape index (κ2) is 8.72. The monoisotopic (exact) mass is 440 g/mol. The van der Waals surface area contributed by atoms with Crippen LogP contribution < -0.4 is 4.31 Å². The number of piperidine rings is 1. The lowest BCUT2D eigenvalue weighted by Gasteiger charge is -2.27. The van der Waals surface area contributed by atoms with E-state index < -0.39 is 10.0 Å². The van der Waals surface area contributed by atoms with E-state index >= 15 is 0 Å². The Morgan fingerprint density at radius 1 is 1.04 bits per heavy atom. The van der Waals surface area contributed by atoms with E-state index in [-0.39, 0.29) is 22.5 Å². The van der Waals surface area contributed by atoms with Gasteiger partial charge < -0.3 is 4.90 Å². The van der Waals surface area contributed by atoms with Crippen molar-refractivity contribution in [3.8, 4) is 0 Å². The summed E-state index contributed by atoms with van der Waals surface area (Å²) in [5, 5.41) is 0.474. The summed E-state index contributed by atoms with van der Waals surface area (Å²) in [4.78, 5) is 14.5. The third kappa shape index (κ3) is 4.80. The number of sulfonamides is 1. The standard InChI is InChI=1S/C20H22Cl2N2O3S/c1-28(26,27)24(18-7-5-6-17(21)19(18)22)14-15-8-10-16(11-9-15)20(25)23-12-3-2-4-13-23/h5-11H,2-4,12-14H2,1H3. The summed E-state index contributed by atoms with van der Waals surface area (Å²) in [7, 11) is -3.58. The maximum absolute atomic E-state index is 12.6. The van der Waals surface area contributed by atoms with Crippen LogP contribution in [-0.4, -0.2) is 38.6 Å². The number of rotatable bonds is 5. The van der Waals surface area contributed by atoms with Gasteiger partial charge in [0.2, 0.25) is 10.0 Å². The Bertz CT molecular complexity index is 956. The molecule has 2 aromatic carbocycles. The Hall–Kier alpha value is -1.76. The average molecular weight is 441 g/mol. The fraction of sp³-hybridized carbons (Fsp3) is 0.350. The topological polar surface area (TPSA) is 57.7 Å². The minimum absolute atomic E-state index is 0.0177. The number of benzene rings is 2. The summed E-state index contributed by atoms with van der Waals surface area (Å²) in [5.74, 6) is 0.0177. The number of nitrogens with zero attached hydrogens (tertiary/aromatic N) is 2. The SMILES string of the molecule is CS(=O)(=O)N(Cc1ccc(C(=O)N2CCCCC2)cc1)c1cccc(Cl)c1Cl. The lowest BCUT2D eigenvalue weighted by molar-refractivity contribution is 0.0724. The molecule has 1 aliphatic rings. The largest absolute Gasteiger partial charge is 0.339 e. The molecule has 1 saturated heterocycles. The van der Waals surface area contributed by atoms with E-state index in [2.05, 4.69) is 0 Å². The Labute approximate surface area is 175 Å². The summed E-state index contributed by atoms with van der Waals surface area (Å²) in [6.07, 6.45) is 4.36. The van der Waals surface area contributed by atoms with Crippen molar-refractivity contribution in [3.63, 3.8) is 0 Å². The van der Waals surface area contributed by atoms with Crippen molar-refractivity contribution in [2.45, 2.75) is 25.8 Å². The lowest BCUT2D eigenvalue weighted by atomic mass is 10.1. The van der Waals surface area contributed by atoms with Gasteiger partial charge in [-0.15, -0.1) is 0 Å². The zero-order valence-corrected chi connectivity index (χ0v) is 17.9. The molecular weight excluding hydrogens is 419 g/mol. The van der Waals surface area contributed by atoms with E-state index in [1.54, 1.807) is 42.5 Å². The first-order valence-electron chi connectivity index (χ1n) is 9.07. The van der Waals surface area contributed by atoms with Crippen LogP contribution >= 0.6 is 23.2 Å². The maximum Gasteiger partial charge on any atom is 0.253 e. The van der Waals surface area contributed by atoms with Gasteiger partial charge in [0.05, 0.1) is 28.5 Å². The van der Waals surface area contributed by atoms with Gasteiger partial charge in [-0.05, 0) is 49.1 Å². The molecule has 5 nitrogen and oxygen atoms in total. The van der Waals surface area contributed by atoms with Gasteiger partial charge in [0.25, 0.3) is 5.91 Å². The van der Waals surface area contributed by atoms with Gasteiger partial charge >= 0.3 is 0 Å². The summed E-state index contributed by atoms with van der Waals surface area (Å²) in [6.45, 7) is 1.67. The second-order valence-corrected chi connectivity index (χ2v) is 9.58. The van der Waals surface area contributed by atoms with Crippen molar-refractivity contribution in [1.82, 2.24) is 4.90 Å². The molecule has 1 heterocycles. The number of carbonyl (C=O) groups is 1. The van der Waals surface area contributed by atoms with E-state index in [9.17, 15) is 13.2 Å². The summed E-state index contributed by atoms with van der Waals surface area (Å²) in [5.41, 5.74) is 1.68. The van der Waals surface area contributed by atoms with Crippen molar-refractivity contribution in [2.75, 3.05) is 23.7 Å². The predicted octanol–water partition coefficient (Wildman–Crippen LogP) is 4.59. The van der Waals surface area contributed by atoms with Gasteiger partial charge in [-0.1, -0.05) is 41.4 Å². The highest BCUT2D eigenvalue weighted by Gasteiger charge is 2.22. The maximum atomic E-state index is 12.6. The molecule has 0 atom stereocenters. The average Bonchev–Trinajstić information content (AvgIpc) is 2.68. The molecule has 0 bridgehead atoms. The van der Waals surface area contributed by atoms with Crippen LogP contribution in [0, 0.1) is 0 Å². The molecule has 28 heavy (non-hydrogen) atoms. The third-order valence-corrected chi connectivity index (χ3v) is 6.71. The molecule has 0 unspecified atom stereocenters. The smallest absolute Gasteiger partial charge is 0.253 e. The van der Waals surface area contributed by atoms with Crippen molar-refractivity contribution >= 4 is 44.8 Å². The minimum Gasteiger partial charge on any atom is -0.339 e. The summed E-state index contributed by atoms with van der Waals surface area (Å²) >= 11 is 12.3. The number of likely N-dealkylation sites (tertiary alicyclic amines) is 1. The van der Waals surface area contributed by atoms with E-state index in [1.807, 2.05) is 4.90 Å². The van der Waals surface area contributed by atoms with E-state index in [1.165, 1.54) is 4.31 Å². The Morgan fingerprint density at radius 3 is 2.29 bits per heavy atom. The zero-order chi connectivity index (χ0) is 20.3. The van der Waals surface area contributed by atoms with E-state index in [0.29, 0.717) is 11.3 Å². The van der Waals surface area contributed by atoms with Crippen molar-refractivity contribution in [3.05, 3.63) is 63.6 Å². The number of carbonyl (C=O) groups excluding carboxylic acids is 1. The normalized spacial score (nSPS) is 14.8. The molecule has 3 rings (SSSR count). The first kappa shape index (κ1) is 21.0. The van der Waals surface area contributed by atoms with Gasteiger partial charge in [0.15, 0.2) is 0 Å². The molecule has 1 aliphatic heterocycles. The second-order valence-electron chi connectivity index (χ2n) is 6.89. The minimum atomic E-state index is -3.58. The van der Waals surface area contributed by atoms with Crippen LogP contribution in [0.3, 0.4) is 0 Å². The van der Waals surface area contributed by atoms with E-state index in [4.69, 9.17) is 23.2 Å². The molecule has 2 aromatic rings. The van der Waals surface area contributed by atoms with Crippen molar-refractivity contribution in [1.29, 1.82) is 0 Å². The fourth-order valence-corrected chi connectivity index (χ4v) is 4.60. The molecule has 0 spiro atoms. The van der Waals surface area contributed by atoms with Crippen LogP contribution in [0.1, 0.15) is 35.2 Å². The van der Waals surface area contributed by atoms with Gasteiger partial charge in [0, 0.05) is 18.7 Å². The first-order valence-corrected chi connectivity index (χ1v) is 11.7. The molecule has 0 aliphatic carbocycles. The number of hydrogen-bond acceptors (Lipinski definition) is 3. The van der Waals surface area contributed by atoms with Crippen molar-refractivity contribution < 1.29 is 13.2 Å². The number of anilines is 1. The highest BCUT2D eigenvalue weighted by molar-refractivity contribution is 7.92. The summed E-state index contributed by atoms with van der Waals surface area (Å²) < 4.78 is 25.9. The van der Waals surface area contributed by atoms with Crippen LogP contribution in [0.25, 0.3) is 0 Å². The molecule has 0 N–H and O–H groups in total.